The van der Waals surface area contributed by atoms with Crippen molar-refractivity contribution in [3.63, 3.8) is 0 Å². The predicted molar refractivity (Wildman–Crippen MR) is 38.7 cm³/mol. The summed E-state index contributed by atoms with van der Waals surface area (Å²) in [5.41, 5.74) is 0.437. The molecule has 0 aromatic heterocycles. The van der Waals surface area contributed by atoms with E-state index < -0.39 is 6.69 Å². The maximum atomic E-state index is 5.68. The van der Waals surface area contributed by atoms with E-state index in [9.17, 15) is 0 Å². The largest absolute Gasteiger partial charge is 0.265 e. The Bertz CT molecular complexity index is 48.1. The molecule has 0 aliphatic heterocycles. The average Bonchev–Trinajstić information content (AvgIpc) is 1.68. The van der Waals surface area contributed by atoms with Gasteiger partial charge in [0.25, 0.3) is 6.69 Å². The minimum absolute atomic E-state index is 0.437. The van der Waals surface area contributed by atoms with Crippen LogP contribution in [0.4, 0.5) is 0 Å². The second-order valence-electron chi connectivity index (χ2n) is 1.34. The van der Waals surface area contributed by atoms with Crippen molar-refractivity contribution in [2.75, 3.05) is 5.50 Å². The first-order valence-electron chi connectivity index (χ1n) is 2.06. The third-order valence-electron chi connectivity index (χ3n) is 0.713. The molecule has 0 aliphatic rings. The Morgan fingerprint density at radius 3 is 1.86 bits per heavy atom. The van der Waals surface area contributed by atoms with Crippen molar-refractivity contribution in [2.45, 2.75) is 13.0 Å². The fourth-order valence-electron chi connectivity index (χ4n) is 0.0945. The van der Waals surface area contributed by atoms with Crippen LogP contribution in [0.5, 0.6) is 0 Å². The summed E-state index contributed by atoms with van der Waals surface area (Å²) in [5.74, 6) is 0. The van der Waals surface area contributed by atoms with Gasteiger partial charge in [0.15, 0.2) is 0 Å². The Morgan fingerprint density at radius 2 is 1.86 bits per heavy atom. The van der Waals surface area contributed by atoms with Crippen molar-refractivity contribution in [1.82, 2.24) is 0 Å². The van der Waals surface area contributed by atoms with E-state index in [0.29, 0.717) is 5.50 Å². The third-order valence-corrected chi connectivity index (χ3v) is 6.73. The lowest BCUT2D eigenvalue weighted by atomic mass is 11.0. The highest BCUT2D eigenvalue weighted by molar-refractivity contribution is 7.46. The summed E-state index contributed by atoms with van der Waals surface area (Å²) >= 11 is 16.7. The van der Waals surface area contributed by atoms with E-state index in [1.165, 1.54) is 0 Å². The van der Waals surface area contributed by atoms with E-state index in [4.69, 9.17) is 33.8 Å². The first kappa shape index (κ1) is 8.09. The highest BCUT2D eigenvalue weighted by Crippen LogP contribution is 2.20. The van der Waals surface area contributed by atoms with Gasteiger partial charge in [-0.3, -0.25) is 0 Å². The quantitative estimate of drug-likeness (QED) is 0.346. The highest BCUT2D eigenvalue weighted by Gasteiger charge is 2.23. The zero-order valence-electron chi connectivity index (χ0n) is 4.05. The van der Waals surface area contributed by atoms with Crippen molar-refractivity contribution in [3.8, 4) is 0 Å². The molecule has 0 spiro atoms. The lowest BCUT2D eigenvalue weighted by Gasteiger charge is -2.06. The van der Waals surface area contributed by atoms with Crippen LogP contribution in [0, 0.1) is 0 Å². The third kappa shape index (κ3) is 3.65. The maximum Gasteiger partial charge on any atom is 0.265 e. The minimum Gasteiger partial charge on any atom is -0.145 e. The summed E-state index contributed by atoms with van der Waals surface area (Å²) in [6, 6.07) is 0.833. The summed E-state index contributed by atoms with van der Waals surface area (Å²) in [6.07, 6.45) is 0. The summed E-state index contributed by atoms with van der Waals surface area (Å²) in [6.45, 7) is 0.0116. The van der Waals surface area contributed by atoms with E-state index in [1.54, 1.807) is 0 Å². The lowest BCUT2D eigenvalue weighted by molar-refractivity contribution is 1.43. The number of rotatable bonds is 2. The van der Waals surface area contributed by atoms with Crippen LogP contribution in [0.3, 0.4) is 0 Å². The molecule has 0 unspecified atom stereocenters. The molecule has 0 heterocycles. The maximum absolute atomic E-state index is 5.68. The van der Waals surface area contributed by atoms with Crippen LogP contribution in [0.1, 0.15) is 6.92 Å². The Kier molecular flexibility index (Phi) is 3.67. The topological polar surface area (TPSA) is 0 Å². The summed E-state index contributed by atoms with van der Waals surface area (Å²) in [5, 5.41) is 0. The van der Waals surface area contributed by atoms with Crippen LogP contribution in [0.25, 0.3) is 0 Å². The Hall–Kier alpha value is 1.09. The molecule has 0 rings (SSSR count). The number of halogens is 3. The van der Waals surface area contributed by atoms with Gasteiger partial charge in [-0.25, -0.2) is 0 Å². The highest BCUT2D eigenvalue weighted by atomic mass is 35.7. The molecule has 0 fully saturated rings. The van der Waals surface area contributed by atoms with Crippen LogP contribution < -0.4 is 0 Å². The van der Waals surface area contributed by atoms with E-state index >= 15 is 0 Å². The van der Waals surface area contributed by atoms with Crippen LogP contribution in [0.15, 0.2) is 0 Å². The molecule has 0 atom stereocenters. The molecule has 0 nitrogen and oxygen atoms in total. The molecule has 0 saturated heterocycles. The van der Waals surface area contributed by atoms with Gasteiger partial charge in [-0.15, -0.1) is 33.8 Å². The summed E-state index contributed by atoms with van der Waals surface area (Å²) < 4.78 is 0. The molecular formula is C3H7Cl3Si. The summed E-state index contributed by atoms with van der Waals surface area (Å²) in [4.78, 5) is 0. The molecule has 0 saturated carbocycles. The fraction of sp³-hybridized carbons (Fsp3) is 1.00. The number of alkyl halides is 1. The number of hydrogen-bond acceptors (Lipinski definition) is 0. The van der Waals surface area contributed by atoms with Crippen molar-refractivity contribution in [2.24, 2.45) is 0 Å². The van der Waals surface area contributed by atoms with Gasteiger partial charge in [-0.05, 0) is 6.04 Å². The molecule has 7 heavy (non-hydrogen) atoms. The second kappa shape index (κ2) is 3.18. The lowest BCUT2D eigenvalue weighted by Crippen LogP contribution is -2.19. The SMILES string of the molecule is CC[Si](Cl)(Cl)CCl. The Morgan fingerprint density at radius 1 is 1.43 bits per heavy atom. The Balaban J connectivity index is 3.36. The van der Waals surface area contributed by atoms with Crippen molar-refractivity contribution < 1.29 is 0 Å². The van der Waals surface area contributed by atoms with Gasteiger partial charge in [-0.1, -0.05) is 6.92 Å². The first-order valence-corrected chi connectivity index (χ1v) is 7.03. The van der Waals surface area contributed by atoms with Gasteiger partial charge in [0, 0.05) is 5.50 Å². The zero-order valence-corrected chi connectivity index (χ0v) is 7.32. The van der Waals surface area contributed by atoms with Crippen LogP contribution in [-0.4, -0.2) is 12.2 Å². The van der Waals surface area contributed by atoms with Crippen LogP contribution in [-0.2, 0) is 0 Å². The average molecular weight is 178 g/mol. The number of hydrogen-bond donors (Lipinski definition) is 0. The van der Waals surface area contributed by atoms with Gasteiger partial charge < -0.3 is 0 Å². The van der Waals surface area contributed by atoms with E-state index in [1.807, 2.05) is 6.92 Å². The van der Waals surface area contributed by atoms with Gasteiger partial charge in [-0.2, -0.15) is 0 Å². The smallest absolute Gasteiger partial charge is 0.145 e. The molecular weight excluding hydrogens is 170 g/mol. The summed E-state index contributed by atoms with van der Waals surface area (Å²) in [7, 11) is 0. The van der Waals surface area contributed by atoms with Crippen molar-refractivity contribution in [1.29, 1.82) is 0 Å². The molecule has 0 aliphatic carbocycles. The van der Waals surface area contributed by atoms with Crippen LogP contribution in [0.2, 0.25) is 6.04 Å². The molecule has 0 bridgehead atoms. The first-order chi connectivity index (χ1) is 3.12. The molecule has 0 aromatic carbocycles. The standard InChI is InChI=1S/C3H7Cl3Si/c1-2-7(5,6)3-4/h2-3H2,1H3. The molecule has 0 N–H and O–H groups in total. The van der Waals surface area contributed by atoms with Crippen LogP contribution >= 0.6 is 33.8 Å². The van der Waals surface area contributed by atoms with E-state index in [2.05, 4.69) is 0 Å². The van der Waals surface area contributed by atoms with Gasteiger partial charge >= 0.3 is 0 Å². The van der Waals surface area contributed by atoms with Crippen molar-refractivity contribution >= 4 is 40.5 Å². The van der Waals surface area contributed by atoms with Crippen molar-refractivity contribution in [3.05, 3.63) is 0 Å². The molecule has 0 amide bonds. The molecule has 0 radical (unpaired) electrons. The monoisotopic (exact) mass is 176 g/mol. The molecule has 4 heteroatoms. The van der Waals surface area contributed by atoms with Gasteiger partial charge in [0.1, 0.15) is 0 Å². The van der Waals surface area contributed by atoms with E-state index in [0.717, 1.165) is 6.04 Å². The fourth-order valence-corrected chi connectivity index (χ4v) is 0.850. The normalized spacial score (nSPS) is 12.0. The van der Waals surface area contributed by atoms with Gasteiger partial charge in [0.2, 0.25) is 0 Å². The minimum atomic E-state index is -1.94. The predicted octanol–water partition coefficient (Wildman–Crippen LogP) is 2.70. The van der Waals surface area contributed by atoms with Gasteiger partial charge in [0.05, 0.1) is 0 Å². The second-order valence-corrected chi connectivity index (χ2v) is 9.75. The molecule has 44 valence electrons. The molecule has 0 aromatic rings. The Labute approximate surface area is 59.2 Å². The zero-order chi connectivity index (χ0) is 5.91. The van der Waals surface area contributed by atoms with E-state index in [-0.39, 0.29) is 0 Å².